The molecule has 10 rings (SSSR count). The molecule has 4 nitrogen and oxygen atoms in total. The van der Waals surface area contributed by atoms with E-state index in [0.717, 1.165) is 56.0 Å². The number of hydrogen-bond donors (Lipinski definition) is 1. The zero-order chi connectivity index (χ0) is 44.2. The maximum Gasteiger partial charge on any atom is 0.124 e. The molecule has 0 saturated carbocycles. The Morgan fingerprint density at radius 3 is 1.74 bits per heavy atom. The van der Waals surface area contributed by atoms with E-state index >= 15 is 0 Å². The van der Waals surface area contributed by atoms with Gasteiger partial charge in [-0.25, -0.2) is 0 Å². The summed E-state index contributed by atoms with van der Waals surface area (Å²) in [5.74, 6) is 0.191. The van der Waals surface area contributed by atoms with Gasteiger partial charge in [0, 0.05) is 60.7 Å². The first-order chi connectivity index (χ1) is 30.9. The molecule has 7 aromatic carbocycles. The largest absolute Gasteiger partial charge is 0.507 e. The number of benzene rings is 7. The predicted octanol–water partition coefficient (Wildman–Crippen LogP) is 15.7. The van der Waals surface area contributed by atoms with Crippen LogP contribution in [-0.4, -0.2) is 19.6 Å². The molecule has 3 aromatic heterocycles. The second-order valence-electron chi connectivity index (χ2n) is 18.8. The first kappa shape index (κ1) is 43.4. The third kappa shape index (κ3) is 8.59. The molecule has 10 aromatic rings. The van der Waals surface area contributed by atoms with Crippen molar-refractivity contribution in [2.45, 2.75) is 52.4 Å². The van der Waals surface area contributed by atoms with Gasteiger partial charge in [-0.3, -0.25) is 9.97 Å². The van der Waals surface area contributed by atoms with Gasteiger partial charge in [0.1, 0.15) is 5.75 Å². The number of nitrogens with zero attached hydrogens (tertiary/aromatic N) is 3. The third-order valence-electron chi connectivity index (χ3n) is 12.3. The zero-order valence-corrected chi connectivity index (χ0v) is 39.8. The van der Waals surface area contributed by atoms with Gasteiger partial charge in [-0.05, 0) is 110 Å². The summed E-state index contributed by atoms with van der Waals surface area (Å²) >= 11 is 0. The topological polar surface area (TPSA) is 50.9 Å². The summed E-state index contributed by atoms with van der Waals surface area (Å²) in [5, 5.41) is 13.5. The predicted molar refractivity (Wildman–Crippen MR) is 267 cm³/mol. The van der Waals surface area contributed by atoms with Gasteiger partial charge >= 0.3 is 0 Å². The SMILES string of the molecule is CC(C)(C)c1cc(-c2cc(-c3[c-]c(-c4cc(-c5ccc6c(c5)c5ccccc5n6-c5ccc(-c6ccccc6)cc5)ccn4)ccc3)nc(-c3ccccc3O)c2)cc(C(C)(C)C)c1.[Pt]. The van der Waals surface area contributed by atoms with E-state index < -0.39 is 0 Å². The molecule has 0 amide bonds. The van der Waals surface area contributed by atoms with E-state index in [1.807, 2.05) is 24.4 Å². The molecule has 5 heteroatoms. The van der Waals surface area contributed by atoms with E-state index in [1.165, 1.54) is 38.5 Å². The number of phenols is 1. The Bertz CT molecular complexity index is 3320. The van der Waals surface area contributed by atoms with Gasteiger partial charge in [-0.1, -0.05) is 162 Å². The number of aromatic hydroxyl groups is 1. The fourth-order valence-electron chi connectivity index (χ4n) is 8.71. The molecule has 65 heavy (non-hydrogen) atoms. The van der Waals surface area contributed by atoms with Crippen LogP contribution in [0.4, 0.5) is 0 Å². The number of hydrogen-bond acceptors (Lipinski definition) is 3. The van der Waals surface area contributed by atoms with E-state index in [0.29, 0.717) is 11.3 Å². The average molecular weight is 1020 g/mol. The quantitative estimate of drug-likeness (QED) is 0.162. The molecule has 0 bridgehead atoms. The average Bonchev–Trinajstić information content (AvgIpc) is 3.65. The van der Waals surface area contributed by atoms with Crippen molar-refractivity contribution in [2.75, 3.05) is 0 Å². The fourth-order valence-corrected chi connectivity index (χ4v) is 8.71. The van der Waals surface area contributed by atoms with Crippen LogP contribution >= 0.6 is 0 Å². The van der Waals surface area contributed by atoms with Crippen molar-refractivity contribution < 1.29 is 26.2 Å². The molecule has 0 aliphatic heterocycles. The van der Waals surface area contributed by atoms with Crippen molar-refractivity contribution >= 4 is 21.8 Å². The van der Waals surface area contributed by atoms with Gasteiger partial charge in [0.25, 0.3) is 0 Å². The Hall–Kier alpha value is -6.87. The maximum atomic E-state index is 11.1. The number of para-hydroxylation sites is 2. The summed E-state index contributed by atoms with van der Waals surface area (Å²) in [5.41, 5.74) is 17.3. The molecule has 0 fully saturated rings. The third-order valence-corrected chi connectivity index (χ3v) is 12.3. The smallest absolute Gasteiger partial charge is 0.124 e. The van der Waals surface area contributed by atoms with Crippen molar-refractivity contribution in [1.82, 2.24) is 14.5 Å². The van der Waals surface area contributed by atoms with Crippen molar-refractivity contribution in [3.05, 3.63) is 205 Å². The normalized spacial score (nSPS) is 11.8. The van der Waals surface area contributed by atoms with Gasteiger partial charge in [-0.15, -0.1) is 24.3 Å². The minimum absolute atomic E-state index is 0. The van der Waals surface area contributed by atoms with Crippen LogP contribution in [0.1, 0.15) is 52.7 Å². The Morgan fingerprint density at radius 2 is 1.02 bits per heavy atom. The van der Waals surface area contributed by atoms with Gasteiger partial charge in [-0.2, -0.15) is 0 Å². The first-order valence-electron chi connectivity index (χ1n) is 22.0. The molecule has 0 aliphatic rings. The molecule has 0 unspecified atom stereocenters. The number of fused-ring (bicyclic) bond motifs is 3. The zero-order valence-electron chi connectivity index (χ0n) is 37.5. The Balaban J connectivity index is 0.00000533. The second-order valence-corrected chi connectivity index (χ2v) is 18.8. The summed E-state index contributed by atoms with van der Waals surface area (Å²) in [7, 11) is 0. The molecule has 322 valence electrons. The van der Waals surface area contributed by atoms with E-state index in [4.69, 9.17) is 9.97 Å². The molecular weight excluding hydrogens is 974 g/mol. The van der Waals surface area contributed by atoms with Crippen molar-refractivity contribution in [3.63, 3.8) is 0 Å². The van der Waals surface area contributed by atoms with Crippen LogP contribution in [0.3, 0.4) is 0 Å². The Kier molecular flexibility index (Phi) is 11.5. The van der Waals surface area contributed by atoms with Crippen LogP contribution in [0.25, 0.3) is 94.6 Å². The van der Waals surface area contributed by atoms with Crippen molar-refractivity contribution in [1.29, 1.82) is 0 Å². The van der Waals surface area contributed by atoms with E-state index in [2.05, 4.69) is 210 Å². The molecular formula is C60H50N3OPt-. The van der Waals surface area contributed by atoms with Crippen LogP contribution in [-0.2, 0) is 31.9 Å². The molecule has 1 N–H and O–H groups in total. The van der Waals surface area contributed by atoms with Crippen LogP contribution in [0.2, 0.25) is 0 Å². The maximum absolute atomic E-state index is 11.1. The second kappa shape index (κ2) is 17.3. The van der Waals surface area contributed by atoms with Crippen LogP contribution in [0.15, 0.2) is 188 Å². The van der Waals surface area contributed by atoms with Gasteiger partial charge in [0.15, 0.2) is 0 Å². The number of aromatic nitrogens is 3. The van der Waals surface area contributed by atoms with Crippen LogP contribution in [0, 0.1) is 6.07 Å². The molecule has 3 heterocycles. The minimum atomic E-state index is -0.0451. The summed E-state index contributed by atoms with van der Waals surface area (Å²) < 4.78 is 2.36. The first-order valence-corrected chi connectivity index (χ1v) is 22.0. The van der Waals surface area contributed by atoms with E-state index in [1.54, 1.807) is 6.07 Å². The van der Waals surface area contributed by atoms with Crippen molar-refractivity contribution in [3.8, 4) is 78.6 Å². The number of rotatable bonds is 7. The van der Waals surface area contributed by atoms with E-state index in [-0.39, 0.29) is 37.6 Å². The van der Waals surface area contributed by atoms with E-state index in [9.17, 15) is 5.11 Å². The number of pyridine rings is 2. The van der Waals surface area contributed by atoms with Crippen LogP contribution in [0.5, 0.6) is 5.75 Å². The molecule has 0 radical (unpaired) electrons. The number of phenolic OH excluding ortho intramolecular Hbond substituents is 1. The molecule has 0 aliphatic carbocycles. The summed E-state index contributed by atoms with van der Waals surface area (Å²) in [4.78, 5) is 10.1. The Labute approximate surface area is 396 Å². The monoisotopic (exact) mass is 1020 g/mol. The van der Waals surface area contributed by atoms with Gasteiger partial charge in [0.05, 0.1) is 16.7 Å². The fraction of sp³-hybridized carbons (Fsp3) is 0.133. The van der Waals surface area contributed by atoms with Gasteiger partial charge in [0.2, 0.25) is 0 Å². The molecule has 0 saturated heterocycles. The van der Waals surface area contributed by atoms with Gasteiger partial charge < -0.3 is 9.67 Å². The standard InChI is InChI=1S/C60H50N3O.Pt/c1-59(2,3)47-32-45(33-48(38-47)60(4,5)6)46-36-54(62-55(37-46)51-20-11-13-22-58(51)64)44-18-14-17-43(31-44)53-35-42(29-30-61-53)41-25-28-57-52(34-41)50-19-10-12-21-56(50)63(57)49-26-23-40(24-27-49)39-15-8-7-9-16-39;/h7-30,32-38,64H,1-6H3;/q-1;. The molecule has 0 atom stereocenters. The Morgan fingerprint density at radius 1 is 0.446 bits per heavy atom. The van der Waals surface area contributed by atoms with Crippen molar-refractivity contribution in [2.24, 2.45) is 0 Å². The summed E-state index contributed by atoms with van der Waals surface area (Å²) in [6.07, 6.45) is 1.89. The summed E-state index contributed by atoms with van der Waals surface area (Å²) in [6, 6.07) is 67.5. The van der Waals surface area contributed by atoms with Crippen LogP contribution < -0.4 is 0 Å². The molecule has 0 spiro atoms. The summed E-state index contributed by atoms with van der Waals surface area (Å²) in [6.45, 7) is 13.6. The minimum Gasteiger partial charge on any atom is -0.507 e.